The van der Waals surface area contributed by atoms with Gasteiger partial charge in [0.2, 0.25) is 17.7 Å². The predicted molar refractivity (Wildman–Crippen MR) is 128 cm³/mol. The van der Waals surface area contributed by atoms with E-state index >= 15 is 0 Å². The Morgan fingerprint density at radius 2 is 1.76 bits per heavy atom. The standard InChI is InChI=1S/C25H38N4O4/c1-25(2,17-27(3)4)16-26-23(31)18-10-12-28(13-11-18)24(32)19-14-22(30)29(15-19)20-6-8-21(33-5)9-7-20/h6-9,18-19H,10-17H2,1-5H3,(H,26,31). The fourth-order valence-electron chi connectivity index (χ4n) is 4.89. The molecule has 1 aromatic carbocycles. The smallest absolute Gasteiger partial charge is 0.228 e. The van der Waals surface area contributed by atoms with Gasteiger partial charge in [0.1, 0.15) is 5.75 Å². The van der Waals surface area contributed by atoms with E-state index in [-0.39, 0.29) is 41.4 Å². The molecule has 182 valence electrons. The van der Waals surface area contributed by atoms with Crippen molar-refractivity contribution in [3.05, 3.63) is 24.3 Å². The molecule has 33 heavy (non-hydrogen) atoms. The predicted octanol–water partition coefficient (Wildman–Crippen LogP) is 1.99. The van der Waals surface area contributed by atoms with Gasteiger partial charge in [0, 0.05) is 50.7 Å². The zero-order valence-electron chi connectivity index (χ0n) is 20.6. The summed E-state index contributed by atoms with van der Waals surface area (Å²) in [7, 11) is 5.67. The lowest BCUT2D eigenvalue weighted by atomic mass is 9.91. The zero-order valence-corrected chi connectivity index (χ0v) is 20.6. The molecule has 1 atom stereocenters. The van der Waals surface area contributed by atoms with E-state index < -0.39 is 0 Å². The summed E-state index contributed by atoms with van der Waals surface area (Å²) in [6.45, 7) is 7.34. The fraction of sp³-hybridized carbons (Fsp3) is 0.640. The first kappa shape index (κ1) is 25.0. The maximum absolute atomic E-state index is 13.1. The van der Waals surface area contributed by atoms with Gasteiger partial charge in [-0.3, -0.25) is 14.4 Å². The quantitative estimate of drug-likeness (QED) is 0.644. The van der Waals surface area contributed by atoms with Gasteiger partial charge in [-0.05, 0) is 56.6 Å². The second kappa shape index (κ2) is 10.5. The molecule has 2 saturated heterocycles. The van der Waals surface area contributed by atoms with Crippen LogP contribution in [0.3, 0.4) is 0 Å². The number of methoxy groups -OCH3 is 1. The molecule has 8 nitrogen and oxygen atoms in total. The van der Waals surface area contributed by atoms with Crippen LogP contribution in [0.1, 0.15) is 33.1 Å². The van der Waals surface area contributed by atoms with Crippen LogP contribution in [0.25, 0.3) is 0 Å². The van der Waals surface area contributed by atoms with Crippen LogP contribution in [0.2, 0.25) is 0 Å². The van der Waals surface area contributed by atoms with E-state index in [2.05, 4.69) is 24.1 Å². The van der Waals surface area contributed by atoms with Crippen molar-refractivity contribution in [2.45, 2.75) is 33.1 Å². The van der Waals surface area contributed by atoms with Crippen molar-refractivity contribution in [3.63, 3.8) is 0 Å². The van der Waals surface area contributed by atoms with Crippen LogP contribution in [-0.4, -0.2) is 81.5 Å². The number of amides is 3. The highest BCUT2D eigenvalue weighted by Gasteiger charge is 2.38. The molecule has 3 amide bonds. The van der Waals surface area contributed by atoms with Gasteiger partial charge in [-0.25, -0.2) is 0 Å². The van der Waals surface area contributed by atoms with Gasteiger partial charge >= 0.3 is 0 Å². The van der Waals surface area contributed by atoms with Gasteiger partial charge in [0.25, 0.3) is 0 Å². The normalized spacial score (nSPS) is 19.8. The monoisotopic (exact) mass is 458 g/mol. The van der Waals surface area contributed by atoms with Crippen molar-refractivity contribution in [1.29, 1.82) is 0 Å². The van der Waals surface area contributed by atoms with Gasteiger partial charge < -0.3 is 24.8 Å². The maximum atomic E-state index is 13.1. The van der Waals surface area contributed by atoms with Crippen LogP contribution >= 0.6 is 0 Å². The summed E-state index contributed by atoms with van der Waals surface area (Å²) in [6, 6.07) is 7.31. The van der Waals surface area contributed by atoms with Gasteiger partial charge in [0.15, 0.2) is 0 Å². The lowest BCUT2D eigenvalue weighted by Crippen LogP contribution is -2.47. The van der Waals surface area contributed by atoms with Gasteiger partial charge in [-0.2, -0.15) is 0 Å². The molecule has 2 aliphatic heterocycles. The minimum absolute atomic E-state index is 0.000593. The Labute approximate surface area is 197 Å². The number of piperidine rings is 1. The zero-order chi connectivity index (χ0) is 24.2. The summed E-state index contributed by atoms with van der Waals surface area (Å²) in [4.78, 5) is 43.9. The van der Waals surface area contributed by atoms with Crippen molar-refractivity contribution < 1.29 is 19.1 Å². The molecule has 0 saturated carbocycles. The molecule has 3 rings (SSSR count). The van der Waals surface area contributed by atoms with E-state index in [1.807, 2.05) is 43.3 Å². The van der Waals surface area contributed by atoms with Gasteiger partial charge in [-0.15, -0.1) is 0 Å². The number of anilines is 1. The molecule has 2 heterocycles. The van der Waals surface area contributed by atoms with Gasteiger partial charge in [0.05, 0.1) is 13.0 Å². The number of nitrogens with one attached hydrogen (secondary N) is 1. The second-order valence-corrected chi connectivity index (χ2v) is 10.3. The summed E-state index contributed by atoms with van der Waals surface area (Å²) < 4.78 is 5.18. The van der Waals surface area contributed by atoms with Crippen molar-refractivity contribution in [2.24, 2.45) is 17.3 Å². The SMILES string of the molecule is COc1ccc(N2CC(C(=O)N3CCC(C(=O)NCC(C)(C)CN(C)C)CC3)CC2=O)cc1. The van der Waals surface area contributed by atoms with E-state index in [9.17, 15) is 14.4 Å². The molecule has 1 N–H and O–H groups in total. The first-order valence-corrected chi connectivity index (χ1v) is 11.8. The molecule has 1 unspecified atom stereocenters. The molecular formula is C25H38N4O4. The van der Waals surface area contributed by atoms with E-state index in [1.165, 1.54) is 0 Å². The molecule has 2 aliphatic rings. The average Bonchev–Trinajstić information content (AvgIpc) is 3.18. The summed E-state index contributed by atoms with van der Waals surface area (Å²) in [5.74, 6) is 0.391. The number of carbonyl (C=O) groups excluding carboxylic acids is 3. The Bertz CT molecular complexity index is 844. The lowest BCUT2D eigenvalue weighted by molar-refractivity contribution is -0.139. The number of benzene rings is 1. The highest BCUT2D eigenvalue weighted by atomic mass is 16.5. The van der Waals surface area contributed by atoms with E-state index in [0.29, 0.717) is 39.0 Å². The molecular weight excluding hydrogens is 420 g/mol. The number of ether oxygens (including phenoxy) is 1. The lowest BCUT2D eigenvalue weighted by Gasteiger charge is -2.34. The molecule has 2 fully saturated rings. The minimum atomic E-state index is -0.336. The van der Waals surface area contributed by atoms with Crippen LogP contribution in [0.5, 0.6) is 5.75 Å². The number of nitrogens with zero attached hydrogens (tertiary/aromatic N) is 3. The molecule has 0 spiro atoms. The van der Waals surface area contributed by atoms with E-state index in [0.717, 1.165) is 18.0 Å². The number of hydrogen-bond acceptors (Lipinski definition) is 5. The van der Waals surface area contributed by atoms with E-state index in [4.69, 9.17) is 4.74 Å². The number of likely N-dealkylation sites (tertiary alicyclic amines) is 1. The highest BCUT2D eigenvalue weighted by molar-refractivity contribution is 6.00. The summed E-state index contributed by atoms with van der Waals surface area (Å²) in [5.41, 5.74) is 0.782. The molecule has 0 bridgehead atoms. The maximum Gasteiger partial charge on any atom is 0.228 e. The molecule has 8 heteroatoms. The van der Waals surface area contributed by atoms with Crippen LogP contribution < -0.4 is 15.0 Å². The van der Waals surface area contributed by atoms with Crippen LogP contribution in [0.4, 0.5) is 5.69 Å². The highest BCUT2D eigenvalue weighted by Crippen LogP contribution is 2.29. The topological polar surface area (TPSA) is 82.2 Å². The van der Waals surface area contributed by atoms with Crippen molar-refractivity contribution in [1.82, 2.24) is 15.1 Å². The van der Waals surface area contributed by atoms with Gasteiger partial charge in [-0.1, -0.05) is 13.8 Å². The van der Waals surface area contributed by atoms with E-state index in [1.54, 1.807) is 12.0 Å². The minimum Gasteiger partial charge on any atom is -0.497 e. The third kappa shape index (κ3) is 6.47. The van der Waals surface area contributed by atoms with Crippen LogP contribution in [0.15, 0.2) is 24.3 Å². The molecule has 0 radical (unpaired) electrons. The third-order valence-electron chi connectivity index (χ3n) is 6.52. The average molecular weight is 459 g/mol. The second-order valence-electron chi connectivity index (χ2n) is 10.3. The van der Waals surface area contributed by atoms with Crippen molar-refractivity contribution >= 4 is 23.4 Å². The first-order chi connectivity index (χ1) is 15.6. The Kier molecular flexibility index (Phi) is 8.00. The molecule has 0 aliphatic carbocycles. The molecule has 1 aromatic rings. The summed E-state index contributed by atoms with van der Waals surface area (Å²) >= 11 is 0. The number of carbonyl (C=O) groups is 3. The largest absolute Gasteiger partial charge is 0.497 e. The first-order valence-electron chi connectivity index (χ1n) is 11.8. The number of hydrogen-bond donors (Lipinski definition) is 1. The van der Waals surface area contributed by atoms with Crippen LogP contribution in [0, 0.1) is 17.3 Å². The Morgan fingerprint density at radius 3 is 2.33 bits per heavy atom. The summed E-state index contributed by atoms with van der Waals surface area (Å²) in [6.07, 6.45) is 1.55. The van der Waals surface area contributed by atoms with Crippen molar-refractivity contribution in [2.75, 3.05) is 58.8 Å². The summed E-state index contributed by atoms with van der Waals surface area (Å²) in [5, 5.41) is 3.11. The Balaban J connectivity index is 1.48. The third-order valence-corrected chi connectivity index (χ3v) is 6.52. The Hall–Kier alpha value is -2.61. The Morgan fingerprint density at radius 1 is 1.12 bits per heavy atom. The van der Waals surface area contributed by atoms with Crippen LogP contribution in [-0.2, 0) is 14.4 Å². The number of rotatable bonds is 8. The van der Waals surface area contributed by atoms with Crippen molar-refractivity contribution in [3.8, 4) is 5.75 Å². The molecule has 0 aromatic heterocycles. The fourth-order valence-corrected chi connectivity index (χ4v) is 4.89.